The first-order valence-corrected chi connectivity index (χ1v) is 8.37. The maximum Gasteiger partial charge on any atom is 0.261 e. The minimum Gasteiger partial charge on any atom is -0.454 e. The number of nitrogens with zero attached hydrogens (tertiary/aromatic N) is 1. The SMILES string of the molecule is Cc1sc(NC(=O)c2cccc3c2OCO3)nc1-c1ccc(F)cc1. The number of fused-ring (bicyclic) bond motifs is 1. The summed E-state index contributed by atoms with van der Waals surface area (Å²) in [6, 6.07) is 11.3. The fourth-order valence-electron chi connectivity index (χ4n) is 2.60. The van der Waals surface area contributed by atoms with Crippen LogP contribution in [0.15, 0.2) is 42.5 Å². The summed E-state index contributed by atoms with van der Waals surface area (Å²) < 4.78 is 23.7. The zero-order valence-corrected chi connectivity index (χ0v) is 14.0. The molecule has 2 aromatic carbocycles. The Labute approximate surface area is 147 Å². The van der Waals surface area contributed by atoms with Crippen LogP contribution in [0.1, 0.15) is 15.2 Å². The quantitative estimate of drug-likeness (QED) is 0.763. The van der Waals surface area contributed by atoms with Crippen molar-refractivity contribution in [3.05, 3.63) is 58.7 Å². The molecule has 3 aromatic rings. The van der Waals surface area contributed by atoms with Crippen molar-refractivity contribution >= 4 is 22.4 Å². The van der Waals surface area contributed by atoms with Crippen molar-refractivity contribution in [3.63, 3.8) is 0 Å². The molecule has 1 N–H and O–H groups in total. The number of aryl methyl sites for hydroxylation is 1. The first kappa shape index (κ1) is 15.6. The molecule has 0 aliphatic carbocycles. The molecule has 0 spiro atoms. The number of amides is 1. The second-order valence-electron chi connectivity index (χ2n) is 5.42. The molecule has 0 fully saturated rings. The maximum atomic E-state index is 13.1. The molecule has 1 aliphatic heterocycles. The zero-order valence-electron chi connectivity index (χ0n) is 13.2. The van der Waals surface area contributed by atoms with E-state index in [2.05, 4.69) is 10.3 Å². The van der Waals surface area contributed by atoms with E-state index in [1.807, 2.05) is 6.92 Å². The predicted octanol–water partition coefficient (Wildman–Crippen LogP) is 4.24. The van der Waals surface area contributed by atoms with Crippen molar-refractivity contribution in [2.24, 2.45) is 0 Å². The van der Waals surface area contributed by atoms with E-state index in [0.29, 0.717) is 22.2 Å². The highest BCUT2D eigenvalue weighted by Gasteiger charge is 2.22. The maximum absolute atomic E-state index is 13.1. The van der Waals surface area contributed by atoms with Gasteiger partial charge in [0.2, 0.25) is 6.79 Å². The summed E-state index contributed by atoms with van der Waals surface area (Å²) in [5.74, 6) is 0.370. The average molecular weight is 356 g/mol. The number of carbonyl (C=O) groups is 1. The molecule has 4 rings (SSSR count). The van der Waals surface area contributed by atoms with E-state index >= 15 is 0 Å². The third-order valence-corrected chi connectivity index (χ3v) is 4.66. The van der Waals surface area contributed by atoms with Gasteiger partial charge in [-0.3, -0.25) is 10.1 Å². The van der Waals surface area contributed by atoms with Gasteiger partial charge in [-0.05, 0) is 43.3 Å². The Kier molecular flexibility index (Phi) is 3.85. The summed E-state index contributed by atoms with van der Waals surface area (Å²) in [4.78, 5) is 17.9. The zero-order chi connectivity index (χ0) is 17.4. The minimum atomic E-state index is -0.318. The fraction of sp³-hybridized carbons (Fsp3) is 0.111. The third kappa shape index (κ3) is 2.94. The molecule has 0 saturated carbocycles. The van der Waals surface area contributed by atoms with Gasteiger partial charge in [0.15, 0.2) is 16.6 Å². The Hall–Kier alpha value is -2.93. The van der Waals surface area contributed by atoms with Gasteiger partial charge in [0.25, 0.3) is 5.91 Å². The molecule has 5 nitrogen and oxygen atoms in total. The first-order valence-electron chi connectivity index (χ1n) is 7.55. The van der Waals surface area contributed by atoms with Crippen molar-refractivity contribution in [1.29, 1.82) is 0 Å². The highest BCUT2D eigenvalue weighted by molar-refractivity contribution is 7.16. The molecule has 1 aromatic heterocycles. The summed E-state index contributed by atoms with van der Waals surface area (Å²) in [5.41, 5.74) is 1.91. The van der Waals surface area contributed by atoms with Crippen molar-refractivity contribution < 1.29 is 18.7 Å². The van der Waals surface area contributed by atoms with Crippen molar-refractivity contribution in [1.82, 2.24) is 4.98 Å². The molecular formula is C18H13FN2O3S. The van der Waals surface area contributed by atoms with Gasteiger partial charge < -0.3 is 9.47 Å². The van der Waals surface area contributed by atoms with E-state index in [-0.39, 0.29) is 18.5 Å². The van der Waals surface area contributed by atoms with Crippen molar-refractivity contribution in [2.75, 3.05) is 12.1 Å². The summed E-state index contributed by atoms with van der Waals surface area (Å²) >= 11 is 1.36. The summed E-state index contributed by atoms with van der Waals surface area (Å²) in [5, 5.41) is 3.26. The van der Waals surface area contributed by atoms with Crippen LogP contribution >= 0.6 is 11.3 Å². The Morgan fingerprint density at radius 3 is 2.80 bits per heavy atom. The third-order valence-electron chi connectivity index (χ3n) is 3.78. The number of benzene rings is 2. The lowest BCUT2D eigenvalue weighted by atomic mass is 10.1. The molecule has 2 heterocycles. The Morgan fingerprint density at radius 1 is 1.20 bits per heavy atom. The molecule has 7 heteroatoms. The number of aromatic nitrogens is 1. The number of halogens is 1. The molecule has 0 bridgehead atoms. The van der Waals surface area contributed by atoms with Gasteiger partial charge in [0.05, 0.1) is 11.3 Å². The highest BCUT2D eigenvalue weighted by Crippen LogP contribution is 2.36. The normalized spacial score (nSPS) is 12.2. The number of nitrogens with one attached hydrogen (secondary N) is 1. The largest absolute Gasteiger partial charge is 0.454 e. The molecule has 25 heavy (non-hydrogen) atoms. The van der Waals surface area contributed by atoms with E-state index in [9.17, 15) is 9.18 Å². The Balaban J connectivity index is 1.60. The van der Waals surface area contributed by atoms with E-state index in [0.717, 1.165) is 16.1 Å². The van der Waals surface area contributed by atoms with Crippen LogP contribution < -0.4 is 14.8 Å². The van der Waals surface area contributed by atoms with Crippen LogP contribution in [-0.2, 0) is 0 Å². The molecule has 1 amide bonds. The van der Waals surface area contributed by atoms with Crippen LogP contribution in [0.25, 0.3) is 11.3 Å². The summed E-state index contributed by atoms with van der Waals surface area (Å²) in [7, 11) is 0. The minimum absolute atomic E-state index is 0.102. The van der Waals surface area contributed by atoms with Gasteiger partial charge in [-0.1, -0.05) is 6.07 Å². The molecular weight excluding hydrogens is 343 g/mol. The van der Waals surface area contributed by atoms with Crippen molar-refractivity contribution in [3.8, 4) is 22.8 Å². The van der Waals surface area contributed by atoms with E-state index < -0.39 is 0 Å². The molecule has 0 unspecified atom stereocenters. The molecule has 1 aliphatic rings. The van der Waals surface area contributed by atoms with Gasteiger partial charge in [-0.25, -0.2) is 9.37 Å². The highest BCUT2D eigenvalue weighted by atomic mass is 32.1. The van der Waals surface area contributed by atoms with E-state index in [4.69, 9.17) is 9.47 Å². The number of thiazole rings is 1. The smallest absolute Gasteiger partial charge is 0.261 e. The van der Waals surface area contributed by atoms with Gasteiger partial charge in [-0.2, -0.15) is 0 Å². The van der Waals surface area contributed by atoms with Crippen LogP contribution in [-0.4, -0.2) is 17.7 Å². The van der Waals surface area contributed by atoms with Crippen LogP contribution in [0.4, 0.5) is 9.52 Å². The van der Waals surface area contributed by atoms with Gasteiger partial charge in [0, 0.05) is 10.4 Å². The van der Waals surface area contributed by atoms with Gasteiger partial charge in [0.1, 0.15) is 5.82 Å². The van der Waals surface area contributed by atoms with Gasteiger partial charge >= 0.3 is 0 Å². The van der Waals surface area contributed by atoms with Crippen LogP contribution in [0, 0.1) is 12.7 Å². The number of hydrogen-bond donors (Lipinski definition) is 1. The number of para-hydroxylation sites is 1. The summed E-state index contributed by atoms with van der Waals surface area (Å²) in [6.45, 7) is 2.01. The fourth-order valence-corrected chi connectivity index (χ4v) is 3.43. The first-order chi connectivity index (χ1) is 12.1. The number of ether oxygens (including phenoxy) is 2. The number of carbonyl (C=O) groups excluding carboxylic acids is 1. The Bertz CT molecular complexity index is 953. The lowest BCUT2D eigenvalue weighted by molar-refractivity contribution is 0.102. The Morgan fingerprint density at radius 2 is 2.00 bits per heavy atom. The van der Waals surface area contributed by atoms with Crippen LogP contribution in [0.2, 0.25) is 0 Å². The monoisotopic (exact) mass is 356 g/mol. The van der Waals surface area contributed by atoms with Crippen molar-refractivity contribution in [2.45, 2.75) is 6.92 Å². The van der Waals surface area contributed by atoms with E-state index in [1.54, 1.807) is 30.3 Å². The van der Waals surface area contributed by atoms with E-state index in [1.165, 1.54) is 23.5 Å². The predicted molar refractivity (Wildman–Crippen MR) is 92.8 cm³/mol. The standard InChI is InChI=1S/C18H13FN2O3S/c1-10-15(11-5-7-12(19)8-6-11)20-18(25-10)21-17(22)13-3-2-4-14-16(13)24-9-23-14/h2-8H,9H2,1H3,(H,20,21,22). The number of rotatable bonds is 3. The topological polar surface area (TPSA) is 60.5 Å². The summed E-state index contributed by atoms with van der Waals surface area (Å²) in [6.07, 6.45) is 0. The average Bonchev–Trinajstić information content (AvgIpc) is 3.21. The molecule has 0 atom stereocenters. The molecule has 0 radical (unpaired) electrons. The van der Waals surface area contributed by atoms with Crippen LogP contribution in [0.5, 0.6) is 11.5 Å². The lowest BCUT2D eigenvalue weighted by Crippen LogP contribution is -2.12. The number of hydrogen-bond acceptors (Lipinski definition) is 5. The van der Waals surface area contributed by atoms with Crippen LogP contribution in [0.3, 0.4) is 0 Å². The second-order valence-corrected chi connectivity index (χ2v) is 6.63. The second kappa shape index (κ2) is 6.18. The molecule has 126 valence electrons. The molecule has 0 saturated heterocycles. The number of anilines is 1. The van der Waals surface area contributed by atoms with Gasteiger partial charge in [-0.15, -0.1) is 11.3 Å². The lowest BCUT2D eigenvalue weighted by Gasteiger charge is -2.05.